The molecule has 1 amide bonds. The minimum absolute atomic E-state index is 0.168. The second kappa shape index (κ2) is 12.0. The zero-order valence-electron chi connectivity index (χ0n) is 22.0. The van der Waals surface area contributed by atoms with Crippen LogP contribution in [0.15, 0.2) is 108 Å². The number of carbonyl (C=O) groups excluding carboxylic acids is 1. The number of hydrogen-bond acceptors (Lipinski definition) is 7. The highest BCUT2D eigenvalue weighted by Crippen LogP contribution is 2.29. The van der Waals surface area contributed by atoms with Crippen molar-refractivity contribution in [2.24, 2.45) is 0 Å². The Hall–Kier alpha value is -5.44. The summed E-state index contributed by atoms with van der Waals surface area (Å²) >= 11 is 0. The molecule has 9 heteroatoms. The largest absolute Gasteiger partial charge is 0.497 e. The number of nitrogens with one attached hydrogen (secondary N) is 2. The lowest BCUT2D eigenvalue weighted by atomic mass is 10.1. The summed E-state index contributed by atoms with van der Waals surface area (Å²) in [6.45, 7) is 2.32. The van der Waals surface area contributed by atoms with Crippen molar-refractivity contribution >= 4 is 17.3 Å². The zero-order valence-corrected chi connectivity index (χ0v) is 22.0. The summed E-state index contributed by atoms with van der Waals surface area (Å²) in [5.41, 5.74) is 3.22. The number of ether oxygens (including phenoxy) is 2. The van der Waals surface area contributed by atoms with Crippen LogP contribution in [0.3, 0.4) is 0 Å². The molecular formula is C31H27N5O4. The van der Waals surface area contributed by atoms with Gasteiger partial charge >= 0.3 is 0 Å². The molecule has 5 rings (SSSR count). The summed E-state index contributed by atoms with van der Waals surface area (Å²) in [6, 6.07) is 25.1. The third kappa shape index (κ3) is 6.16. The molecule has 0 aliphatic rings. The van der Waals surface area contributed by atoms with Gasteiger partial charge in [0.25, 0.3) is 11.5 Å². The summed E-state index contributed by atoms with van der Waals surface area (Å²) in [7, 11) is 1.58. The molecule has 0 bridgehead atoms. The van der Waals surface area contributed by atoms with Crippen molar-refractivity contribution in [2.75, 3.05) is 12.4 Å². The average Bonchev–Trinajstić information content (AvgIpc) is 2.98. The van der Waals surface area contributed by atoms with Gasteiger partial charge in [0.2, 0.25) is 0 Å². The number of hydrogen-bond donors (Lipinski definition) is 2. The summed E-state index contributed by atoms with van der Waals surface area (Å²) in [6.07, 6.45) is 4.84. The maximum atomic E-state index is 13.7. The van der Waals surface area contributed by atoms with Gasteiger partial charge < -0.3 is 20.1 Å². The number of aromatic nitrogens is 3. The molecule has 0 aliphatic heterocycles. The Morgan fingerprint density at radius 3 is 2.45 bits per heavy atom. The highest BCUT2D eigenvalue weighted by Gasteiger charge is 2.16. The first-order valence-corrected chi connectivity index (χ1v) is 12.6. The molecule has 200 valence electrons. The van der Waals surface area contributed by atoms with Crippen LogP contribution >= 0.6 is 0 Å². The van der Waals surface area contributed by atoms with E-state index in [0.717, 1.165) is 11.1 Å². The highest BCUT2D eigenvalue weighted by molar-refractivity contribution is 5.95. The third-order valence-corrected chi connectivity index (χ3v) is 6.07. The van der Waals surface area contributed by atoms with Gasteiger partial charge in [-0.3, -0.25) is 14.6 Å². The second-order valence-corrected chi connectivity index (χ2v) is 8.96. The van der Waals surface area contributed by atoms with Crippen LogP contribution in [0.1, 0.15) is 21.5 Å². The summed E-state index contributed by atoms with van der Waals surface area (Å²) in [5, 5.41) is 10.4. The van der Waals surface area contributed by atoms with Crippen LogP contribution in [0.2, 0.25) is 0 Å². The summed E-state index contributed by atoms with van der Waals surface area (Å²) < 4.78 is 12.6. The maximum absolute atomic E-state index is 13.7. The number of amides is 1. The molecule has 40 heavy (non-hydrogen) atoms. The average molecular weight is 534 g/mol. The van der Waals surface area contributed by atoms with E-state index in [2.05, 4.69) is 20.7 Å². The van der Waals surface area contributed by atoms with E-state index in [0.29, 0.717) is 35.0 Å². The number of rotatable bonds is 9. The molecule has 5 aromatic rings. The monoisotopic (exact) mass is 533 g/mol. The third-order valence-electron chi connectivity index (χ3n) is 6.07. The van der Waals surface area contributed by atoms with Crippen LogP contribution in [-0.4, -0.2) is 27.8 Å². The van der Waals surface area contributed by atoms with Gasteiger partial charge in [-0.2, -0.15) is 9.78 Å². The van der Waals surface area contributed by atoms with Crippen LogP contribution in [-0.2, 0) is 6.54 Å². The fraction of sp³-hybridized carbons (Fsp3) is 0.0968. The van der Waals surface area contributed by atoms with Gasteiger partial charge in [0.05, 0.1) is 19.0 Å². The number of benzene rings is 3. The number of pyridine rings is 1. The Balaban J connectivity index is 1.47. The van der Waals surface area contributed by atoms with E-state index in [1.54, 1.807) is 74.1 Å². The fourth-order valence-corrected chi connectivity index (χ4v) is 4.01. The molecule has 0 fully saturated rings. The predicted molar refractivity (Wildman–Crippen MR) is 153 cm³/mol. The zero-order chi connectivity index (χ0) is 27.9. The first kappa shape index (κ1) is 26.2. The van der Waals surface area contributed by atoms with Crippen molar-refractivity contribution < 1.29 is 14.3 Å². The Bertz CT molecular complexity index is 1680. The molecular weight excluding hydrogens is 506 g/mol. The number of aryl methyl sites for hydroxylation is 1. The second-order valence-electron chi connectivity index (χ2n) is 8.96. The molecule has 0 spiro atoms. The Morgan fingerprint density at radius 2 is 1.70 bits per heavy atom. The van der Waals surface area contributed by atoms with E-state index in [4.69, 9.17) is 9.47 Å². The SMILES string of the molecule is COc1ccc(-n2ncc(Oc3cccc(C)c3)c(Nc3cccc(C(=O)NCc4ccncc4)c3)c2=O)cc1. The molecule has 0 unspecified atom stereocenters. The molecule has 9 nitrogen and oxygen atoms in total. The Labute approximate surface area is 231 Å². The summed E-state index contributed by atoms with van der Waals surface area (Å²) in [5.74, 6) is 1.22. The minimum atomic E-state index is -0.428. The molecule has 0 atom stereocenters. The van der Waals surface area contributed by atoms with Crippen LogP contribution in [0.4, 0.5) is 11.4 Å². The van der Waals surface area contributed by atoms with Crippen molar-refractivity contribution in [1.29, 1.82) is 0 Å². The lowest BCUT2D eigenvalue weighted by Gasteiger charge is -2.15. The van der Waals surface area contributed by atoms with Crippen molar-refractivity contribution in [3.63, 3.8) is 0 Å². The normalized spacial score (nSPS) is 10.6. The quantitative estimate of drug-likeness (QED) is 0.261. The molecule has 0 radical (unpaired) electrons. The van der Waals surface area contributed by atoms with Crippen LogP contribution in [0.25, 0.3) is 5.69 Å². The van der Waals surface area contributed by atoms with Crippen molar-refractivity contribution in [1.82, 2.24) is 20.1 Å². The lowest BCUT2D eigenvalue weighted by Crippen LogP contribution is -2.24. The fourth-order valence-electron chi connectivity index (χ4n) is 4.01. The first-order valence-electron chi connectivity index (χ1n) is 12.6. The van der Waals surface area contributed by atoms with E-state index in [1.165, 1.54) is 10.9 Å². The van der Waals surface area contributed by atoms with E-state index in [-0.39, 0.29) is 17.3 Å². The Morgan fingerprint density at radius 1 is 0.925 bits per heavy atom. The smallest absolute Gasteiger partial charge is 0.299 e. The Kier molecular flexibility index (Phi) is 7.82. The van der Waals surface area contributed by atoms with Gasteiger partial charge in [-0.25, -0.2) is 0 Å². The van der Waals surface area contributed by atoms with Gasteiger partial charge in [-0.15, -0.1) is 0 Å². The molecule has 0 saturated carbocycles. The van der Waals surface area contributed by atoms with Gasteiger partial charge in [-0.05, 0) is 84.8 Å². The number of anilines is 2. The number of nitrogens with zero attached hydrogens (tertiary/aromatic N) is 3. The van der Waals surface area contributed by atoms with E-state index in [9.17, 15) is 9.59 Å². The van der Waals surface area contributed by atoms with Crippen LogP contribution in [0, 0.1) is 6.92 Å². The predicted octanol–water partition coefficient (Wildman–Crippen LogP) is 5.41. The molecule has 0 aliphatic carbocycles. The standard InChI is InChI=1S/C31H27N5O4/c1-21-5-3-8-27(17-21)40-28-20-34-36(25-9-11-26(39-2)12-10-25)31(38)29(28)35-24-7-4-6-23(18-24)30(37)33-19-22-13-15-32-16-14-22/h3-18,20,35H,19H2,1-2H3,(H,33,37). The summed E-state index contributed by atoms with van der Waals surface area (Å²) in [4.78, 5) is 30.6. The van der Waals surface area contributed by atoms with E-state index >= 15 is 0 Å². The minimum Gasteiger partial charge on any atom is -0.497 e. The number of methoxy groups -OCH3 is 1. The maximum Gasteiger partial charge on any atom is 0.299 e. The van der Waals surface area contributed by atoms with Gasteiger partial charge in [0.15, 0.2) is 11.4 Å². The van der Waals surface area contributed by atoms with Crippen LogP contribution in [0.5, 0.6) is 17.2 Å². The number of carbonyl (C=O) groups is 1. The molecule has 2 aromatic heterocycles. The van der Waals surface area contributed by atoms with Crippen LogP contribution < -0.4 is 25.7 Å². The van der Waals surface area contributed by atoms with E-state index in [1.807, 2.05) is 37.3 Å². The van der Waals surface area contributed by atoms with Gasteiger partial charge in [0.1, 0.15) is 11.5 Å². The highest BCUT2D eigenvalue weighted by atomic mass is 16.5. The molecule has 0 saturated heterocycles. The molecule has 2 heterocycles. The lowest BCUT2D eigenvalue weighted by molar-refractivity contribution is 0.0951. The van der Waals surface area contributed by atoms with Crippen molar-refractivity contribution in [3.05, 3.63) is 131 Å². The van der Waals surface area contributed by atoms with Gasteiger partial charge in [0, 0.05) is 30.2 Å². The first-order chi connectivity index (χ1) is 19.5. The van der Waals surface area contributed by atoms with Crippen molar-refractivity contribution in [2.45, 2.75) is 13.5 Å². The topological polar surface area (TPSA) is 107 Å². The van der Waals surface area contributed by atoms with Crippen molar-refractivity contribution in [3.8, 4) is 22.9 Å². The van der Waals surface area contributed by atoms with E-state index < -0.39 is 5.56 Å². The van der Waals surface area contributed by atoms with Gasteiger partial charge in [-0.1, -0.05) is 18.2 Å². The molecule has 2 N–H and O–H groups in total. The molecule has 3 aromatic carbocycles.